The number of anilines is 1. The van der Waals surface area contributed by atoms with Gasteiger partial charge in [-0.25, -0.2) is 4.98 Å². The molecule has 0 saturated carbocycles. The second-order valence-corrected chi connectivity index (χ2v) is 7.71. The lowest BCUT2D eigenvalue weighted by Crippen LogP contribution is -2.30. The number of carbonyl (C=O) groups is 2. The van der Waals surface area contributed by atoms with Crippen molar-refractivity contribution in [3.05, 3.63) is 88.3 Å². The van der Waals surface area contributed by atoms with E-state index in [2.05, 4.69) is 9.97 Å². The predicted molar refractivity (Wildman–Crippen MR) is 116 cm³/mol. The van der Waals surface area contributed by atoms with Gasteiger partial charge in [0.2, 0.25) is 5.95 Å². The molecule has 8 heteroatoms. The fraction of sp³-hybridized carbons (Fsp3) is 0.0870. The number of Topliss-reactive ketones (excluding diaryl/α,β-unsaturated/α-hetero) is 1. The maximum absolute atomic E-state index is 13.1. The van der Waals surface area contributed by atoms with Gasteiger partial charge in [-0.15, -0.1) is 0 Å². The van der Waals surface area contributed by atoms with Crippen LogP contribution in [0.3, 0.4) is 0 Å². The lowest BCUT2D eigenvalue weighted by molar-refractivity contribution is -0.132. The Morgan fingerprint density at radius 1 is 1.16 bits per heavy atom. The number of rotatable bonds is 3. The summed E-state index contributed by atoms with van der Waals surface area (Å²) in [5.41, 5.74) is 2.68. The van der Waals surface area contributed by atoms with E-state index < -0.39 is 17.7 Å². The van der Waals surface area contributed by atoms with Gasteiger partial charge in [0.1, 0.15) is 17.6 Å². The Kier molecular flexibility index (Phi) is 4.41. The van der Waals surface area contributed by atoms with Gasteiger partial charge in [-0.1, -0.05) is 17.7 Å². The van der Waals surface area contributed by atoms with Crippen LogP contribution in [0.1, 0.15) is 22.9 Å². The van der Waals surface area contributed by atoms with E-state index >= 15 is 0 Å². The molecule has 154 valence electrons. The number of halogens is 1. The highest BCUT2D eigenvalue weighted by Gasteiger charge is 2.49. The fourth-order valence-electron chi connectivity index (χ4n) is 3.75. The Morgan fingerprint density at radius 2 is 1.94 bits per heavy atom. The molecule has 2 aromatic carbocycles. The molecule has 1 saturated heterocycles. The van der Waals surface area contributed by atoms with E-state index in [0.29, 0.717) is 21.9 Å². The maximum Gasteiger partial charge on any atom is 0.302 e. The van der Waals surface area contributed by atoms with E-state index in [1.807, 2.05) is 25.1 Å². The van der Waals surface area contributed by atoms with E-state index in [-0.39, 0.29) is 17.3 Å². The zero-order chi connectivity index (χ0) is 21.7. The molecule has 3 heterocycles. The Bertz CT molecular complexity index is 1350. The number of aromatic amines is 1. The number of furan rings is 1. The van der Waals surface area contributed by atoms with Crippen molar-refractivity contribution in [1.29, 1.82) is 0 Å². The molecule has 5 rings (SSSR count). The van der Waals surface area contributed by atoms with Gasteiger partial charge >= 0.3 is 5.91 Å². The number of aliphatic hydroxyl groups excluding tert-OH is 1. The highest BCUT2D eigenvalue weighted by atomic mass is 35.5. The normalized spacial score (nSPS) is 18.3. The van der Waals surface area contributed by atoms with Crippen LogP contribution in [0.2, 0.25) is 5.02 Å². The molecule has 31 heavy (non-hydrogen) atoms. The van der Waals surface area contributed by atoms with Crippen LogP contribution in [0.25, 0.3) is 16.8 Å². The fourth-order valence-corrected chi connectivity index (χ4v) is 3.88. The number of imidazole rings is 1. The smallest absolute Gasteiger partial charge is 0.302 e. The van der Waals surface area contributed by atoms with E-state index in [1.54, 1.807) is 36.4 Å². The van der Waals surface area contributed by atoms with Gasteiger partial charge in [0.05, 0.1) is 22.9 Å². The number of hydrogen-bond acceptors (Lipinski definition) is 5. The van der Waals surface area contributed by atoms with Gasteiger partial charge in [0, 0.05) is 10.6 Å². The van der Waals surface area contributed by atoms with Crippen LogP contribution in [-0.4, -0.2) is 26.8 Å². The summed E-state index contributed by atoms with van der Waals surface area (Å²) >= 11 is 5.94. The number of benzene rings is 2. The number of H-pyrrole nitrogens is 1. The number of fused-ring (bicyclic) bond motifs is 1. The quantitative estimate of drug-likeness (QED) is 0.276. The molecular weight excluding hydrogens is 418 g/mol. The summed E-state index contributed by atoms with van der Waals surface area (Å²) in [7, 11) is 0. The van der Waals surface area contributed by atoms with Crippen LogP contribution >= 0.6 is 11.6 Å². The molecule has 0 spiro atoms. The standard InChI is InChI=1S/C23H16ClN3O4/c1-12-4-9-15-16(11-12)26-23(25-15)27-19(17-3-2-10-31-17)18(21(29)22(27)30)20(28)13-5-7-14(24)8-6-13/h2-11,19,28H,1H3,(H,25,26)/b20-18+. The van der Waals surface area contributed by atoms with Gasteiger partial charge < -0.3 is 14.5 Å². The monoisotopic (exact) mass is 433 g/mol. The SMILES string of the molecule is Cc1ccc2nc(N3C(=O)C(=O)/C(=C(/O)c4ccc(Cl)cc4)C3c3ccco3)[nH]c2c1. The zero-order valence-corrected chi connectivity index (χ0v) is 17.1. The predicted octanol–water partition coefficient (Wildman–Crippen LogP) is 4.74. The first kappa shape index (κ1) is 19.1. The first-order chi connectivity index (χ1) is 14.9. The van der Waals surface area contributed by atoms with Crippen LogP contribution in [0.4, 0.5) is 5.95 Å². The summed E-state index contributed by atoms with van der Waals surface area (Å²) in [4.78, 5) is 34.9. The molecule has 2 aromatic heterocycles. The minimum atomic E-state index is -0.979. The third-order valence-corrected chi connectivity index (χ3v) is 5.48. The van der Waals surface area contributed by atoms with E-state index in [9.17, 15) is 14.7 Å². The molecule has 0 radical (unpaired) electrons. The van der Waals surface area contributed by atoms with Crippen molar-refractivity contribution in [3.63, 3.8) is 0 Å². The number of aromatic nitrogens is 2. The molecule has 1 amide bonds. The molecule has 1 aliphatic rings. The van der Waals surface area contributed by atoms with Gasteiger partial charge in [-0.2, -0.15) is 0 Å². The Morgan fingerprint density at radius 3 is 2.65 bits per heavy atom. The summed E-state index contributed by atoms with van der Waals surface area (Å²) in [6.07, 6.45) is 1.44. The van der Waals surface area contributed by atoms with Gasteiger partial charge in [-0.3, -0.25) is 14.5 Å². The molecule has 1 aliphatic heterocycles. The van der Waals surface area contributed by atoms with Crippen molar-refractivity contribution in [2.75, 3.05) is 4.90 Å². The molecule has 2 N–H and O–H groups in total. The number of nitrogens with zero attached hydrogens (tertiary/aromatic N) is 2. The molecule has 7 nitrogen and oxygen atoms in total. The number of ketones is 1. The van der Waals surface area contributed by atoms with Crippen molar-refractivity contribution in [3.8, 4) is 0 Å². The highest BCUT2D eigenvalue weighted by molar-refractivity contribution is 6.51. The van der Waals surface area contributed by atoms with E-state index in [1.165, 1.54) is 11.2 Å². The lowest BCUT2D eigenvalue weighted by Gasteiger charge is -2.20. The van der Waals surface area contributed by atoms with Crippen molar-refractivity contribution < 1.29 is 19.1 Å². The second kappa shape index (κ2) is 7.14. The molecule has 0 aliphatic carbocycles. The molecular formula is C23H16ClN3O4. The Labute approximate surface area is 181 Å². The van der Waals surface area contributed by atoms with Gasteiger partial charge in [0.15, 0.2) is 0 Å². The average Bonchev–Trinajstić information content (AvgIpc) is 3.47. The molecule has 4 aromatic rings. The summed E-state index contributed by atoms with van der Waals surface area (Å²) in [5, 5.41) is 11.5. The topological polar surface area (TPSA) is 99.4 Å². The van der Waals surface area contributed by atoms with Crippen LogP contribution < -0.4 is 4.90 Å². The molecule has 1 atom stereocenters. The van der Waals surface area contributed by atoms with Crippen molar-refractivity contribution >= 4 is 46.0 Å². The van der Waals surface area contributed by atoms with Gasteiger partial charge in [-0.05, 0) is 61.0 Å². The average molecular weight is 434 g/mol. The summed E-state index contributed by atoms with van der Waals surface area (Å²) < 4.78 is 5.54. The van der Waals surface area contributed by atoms with Crippen LogP contribution in [0.5, 0.6) is 0 Å². The zero-order valence-electron chi connectivity index (χ0n) is 16.3. The second-order valence-electron chi connectivity index (χ2n) is 7.27. The maximum atomic E-state index is 13.1. The van der Waals surface area contributed by atoms with Crippen LogP contribution in [0, 0.1) is 6.92 Å². The van der Waals surface area contributed by atoms with E-state index in [4.69, 9.17) is 16.0 Å². The van der Waals surface area contributed by atoms with E-state index in [0.717, 1.165) is 11.1 Å². The van der Waals surface area contributed by atoms with Crippen LogP contribution in [0.15, 0.2) is 70.9 Å². The number of nitrogens with one attached hydrogen (secondary N) is 1. The minimum absolute atomic E-state index is 0.0843. The first-order valence-corrected chi connectivity index (χ1v) is 9.88. The molecule has 0 bridgehead atoms. The first-order valence-electron chi connectivity index (χ1n) is 9.51. The third-order valence-electron chi connectivity index (χ3n) is 5.23. The van der Waals surface area contributed by atoms with Crippen LogP contribution in [-0.2, 0) is 9.59 Å². The Balaban J connectivity index is 1.71. The molecule has 1 fully saturated rings. The summed E-state index contributed by atoms with van der Waals surface area (Å²) in [5.74, 6) is -1.44. The number of aryl methyl sites for hydroxylation is 1. The summed E-state index contributed by atoms with van der Waals surface area (Å²) in [6, 6.07) is 14.3. The van der Waals surface area contributed by atoms with Crippen molar-refractivity contribution in [2.45, 2.75) is 13.0 Å². The van der Waals surface area contributed by atoms with Gasteiger partial charge in [0.25, 0.3) is 5.78 Å². The number of aliphatic hydroxyl groups is 1. The number of amides is 1. The van der Waals surface area contributed by atoms with Crippen molar-refractivity contribution in [1.82, 2.24) is 9.97 Å². The third kappa shape index (κ3) is 3.10. The molecule has 1 unspecified atom stereocenters. The summed E-state index contributed by atoms with van der Waals surface area (Å²) in [6.45, 7) is 1.95. The largest absolute Gasteiger partial charge is 0.507 e. The Hall–Kier alpha value is -3.84. The minimum Gasteiger partial charge on any atom is -0.507 e. The highest BCUT2D eigenvalue weighted by Crippen LogP contribution is 2.41. The lowest BCUT2D eigenvalue weighted by atomic mass is 9.99. The number of hydrogen-bond donors (Lipinski definition) is 2. The van der Waals surface area contributed by atoms with Crippen molar-refractivity contribution in [2.24, 2.45) is 0 Å². The number of carbonyl (C=O) groups excluding carboxylic acids is 2.